The van der Waals surface area contributed by atoms with Gasteiger partial charge in [0.1, 0.15) is 11.5 Å². The number of carbonyl (C=O) groups excluding carboxylic acids is 1. The average molecular weight is 366 g/mol. The fourth-order valence-corrected chi connectivity index (χ4v) is 2.93. The molecule has 1 amide bonds. The van der Waals surface area contributed by atoms with Crippen molar-refractivity contribution >= 4 is 22.5 Å². The smallest absolute Gasteiger partial charge is 0.262 e. The Morgan fingerprint density at radius 2 is 1.74 bits per heavy atom. The quantitative estimate of drug-likeness (QED) is 0.695. The van der Waals surface area contributed by atoms with Crippen LogP contribution in [0.4, 0.5) is 5.69 Å². The molecule has 1 aromatic heterocycles. The van der Waals surface area contributed by atoms with E-state index in [2.05, 4.69) is 5.32 Å². The number of nitrogens with one attached hydrogen (secondary N) is 1. The van der Waals surface area contributed by atoms with Crippen molar-refractivity contribution in [1.29, 1.82) is 0 Å². The number of benzene rings is 2. The number of ether oxygens (including phenoxy) is 2. The fourth-order valence-electron chi connectivity index (χ4n) is 2.93. The van der Waals surface area contributed by atoms with Gasteiger partial charge in [-0.05, 0) is 38.1 Å². The summed E-state index contributed by atoms with van der Waals surface area (Å²) in [6.07, 6.45) is 0. The summed E-state index contributed by atoms with van der Waals surface area (Å²) < 4.78 is 12.8. The second kappa shape index (κ2) is 8.40. The Hall–Kier alpha value is -3.28. The van der Waals surface area contributed by atoms with Crippen molar-refractivity contribution in [3.05, 3.63) is 65.0 Å². The molecule has 0 radical (unpaired) electrons. The van der Waals surface area contributed by atoms with Gasteiger partial charge in [0.2, 0.25) is 0 Å². The second-order valence-electron chi connectivity index (χ2n) is 5.87. The van der Waals surface area contributed by atoms with Crippen LogP contribution in [0.2, 0.25) is 0 Å². The second-order valence-corrected chi connectivity index (χ2v) is 5.87. The third kappa shape index (κ3) is 4.11. The van der Waals surface area contributed by atoms with Crippen LogP contribution >= 0.6 is 0 Å². The summed E-state index contributed by atoms with van der Waals surface area (Å²) in [5.74, 6) is 0.670. The van der Waals surface area contributed by atoms with Gasteiger partial charge in [0, 0.05) is 18.0 Å². The maximum atomic E-state index is 12.3. The molecule has 0 aliphatic heterocycles. The van der Waals surface area contributed by atoms with E-state index in [9.17, 15) is 9.59 Å². The van der Waals surface area contributed by atoms with Crippen molar-refractivity contribution in [2.75, 3.05) is 18.5 Å². The first kappa shape index (κ1) is 18.5. The number of nitrogens with zero attached hydrogens (tertiary/aromatic N) is 1. The van der Waals surface area contributed by atoms with Gasteiger partial charge in [-0.3, -0.25) is 9.59 Å². The molecule has 1 heterocycles. The van der Waals surface area contributed by atoms with Crippen LogP contribution in [-0.4, -0.2) is 23.7 Å². The standard InChI is InChI=1S/C21H22N2O4/c1-3-23-17-11-7-5-9-15(17)19(13-21(23)25)27-14-20(24)22-16-10-6-8-12-18(16)26-4-2/h5-13H,3-4,14H2,1-2H3,(H,22,24). The molecule has 0 aliphatic carbocycles. The van der Waals surface area contributed by atoms with E-state index in [-0.39, 0.29) is 18.1 Å². The molecule has 2 aromatic carbocycles. The van der Waals surface area contributed by atoms with Gasteiger partial charge in [0.25, 0.3) is 11.5 Å². The number of para-hydroxylation sites is 3. The molecule has 0 fully saturated rings. The predicted molar refractivity (Wildman–Crippen MR) is 106 cm³/mol. The highest BCUT2D eigenvalue weighted by atomic mass is 16.5. The minimum absolute atomic E-state index is 0.159. The number of aromatic nitrogens is 1. The Labute approximate surface area is 157 Å². The fraction of sp³-hybridized carbons (Fsp3) is 0.238. The number of carbonyl (C=O) groups is 1. The number of fused-ring (bicyclic) bond motifs is 1. The first-order valence-electron chi connectivity index (χ1n) is 8.91. The summed E-state index contributed by atoms with van der Waals surface area (Å²) >= 11 is 0. The molecule has 3 aromatic rings. The average Bonchev–Trinajstić information content (AvgIpc) is 2.68. The molecule has 1 N–H and O–H groups in total. The Balaban J connectivity index is 1.78. The van der Waals surface area contributed by atoms with Gasteiger partial charge in [-0.25, -0.2) is 0 Å². The lowest BCUT2D eigenvalue weighted by Crippen LogP contribution is -2.23. The minimum Gasteiger partial charge on any atom is -0.492 e. The molecule has 0 aliphatic rings. The Morgan fingerprint density at radius 1 is 1.00 bits per heavy atom. The molecule has 27 heavy (non-hydrogen) atoms. The summed E-state index contributed by atoms with van der Waals surface area (Å²) in [6.45, 7) is 4.65. The number of hydrogen-bond donors (Lipinski definition) is 1. The highest BCUT2D eigenvalue weighted by molar-refractivity contribution is 5.94. The largest absolute Gasteiger partial charge is 0.492 e. The normalized spacial score (nSPS) is 10.6. The van der Waals surface area contributed by atoms with Gasteiger partial charge in [0.15, 0.2) is 6.61 Å². The van der Waals surface area contributed by atoms with Gasteiger partial charge in [-0.1, -0.05) is 24.3 Å². The Kier molecular flexibility index (Phi) is 5.76. The summed E-state index contributed by atoms with van der Waals surface area (Å²) in [5.41, 5.74) is 1.21. The van der Waals surface area contributed by atoms with E-state index in [0.717, 1.165) is 10.9 Å². The van der Waals surface area contributed by atoms with E-state index in [4.69, 9.17) is 9.47 Å². The predicted octanol–water partition coefficient (Wildman–Crippen LogP) is 3.44. The lowest BCUT2D eigenvalue weighted by atomic mass is 10.2. The molecule has 0 unspecified atom stereocenters. The van der Waals surface area contributed by atoms with Crippen LogP contribution in [-0.2, 0) is 11.3 Å². The maximum Gasteiger partial charge on any atom is 0.262 e. The van der Waals surface area contributed by atoms with Crippen LogP contribution in [0.3, 0.4) is 0 Å². The van der Waals surface area contributed by atoms with Crippen LogP contribution in [0.1, 0.15) is 13.8 Å². The summed E-state index contributed by atoms with van der Waals surface area (Å²) in [5, 5.41) is 3.57. The zero-order valence-electron chi connectivity index (χ0n) is 15.4. The van der Waals surface area contributed by atoms with E-state index in [1.54, 1.807) is 16.7 Å². The topological polar surface area (TPSA) is 69.6 Å². The number of pyridine rings is 1. The van der Waals surface area contributed by atoms with Crippen LogP contribution in [0, 0.1) is 0 Å². The first-order valence-corrected chi connectivity index (χ1v) is 8.91. The molecule has 0 bridgehead atoms. The van der Waals surface area contributed by atoms with E-state index in [0.29, 0.717) is 30.3 Å². The Morgan fingerprint density at radius 3 is 2.52 bits per heavy atom. The SMILES string of the molecule is CCOc1ccccc1NC(=O)COc1cc(=O)n(CC)c2ccccc12. The molecular formula is C21H22N2O4. The third-order valence-electron chi connectivity index (χ3n) is 4.12. The van der Waals surface area contributed by atoms with Gasteiger partial charge < -0.3 is 19.4 Å². The maximum absolute atomic E-state index is 12.3. The van der Waals surface area contributed by atoms with Crippen molar-refractivity contribution in [3.8, 4) is 11.5 Å². The highest BCUT2D eigenvalue weighted by Gasteiger charge is 2.12. The molecule has 6 nitrogen and oxygen atoms in total. The lowest BCUT2D eigenvalue weighted by Gasteiger charge is -2.14. The van der Waals surface area contributed by atoms with Crippen LogP contribution < -0.4 is 20.3 Å². The van der Waals surface area contributed by atoms with Crippen molar-refractivity contribution < 1.29 is 14.3 Å². The van der Waals surface area contributed by atoms with Crippen molar-refractivity contribution in [1.82, 2.24) is 4.57 Å². The number of amides is 1. The van der Waals surface area contributed by atoms with E-state index >= 15 is 0 Å². The van der Waals surface area contributed by atoms with Gasteiger partial charge in [-0.2, -0.15) is 0 Å². The van der Waals surface area contributed by atoms with Gasteiger partial charge in [-0.15, -0.1) is 0 Å². The van der Waals surface area contributed by atoms with Crippen molar-refractivity contribution in [2.45, 2.75) is 20.4 Å². The molecule has 0 saturated carbocycles. The zero-order chi connectivity index (χ0) is 19.2. The monoisotopic (exact) mass is 366 g/mol. The van der Waals surface area contributed by atoms with Crippen LogP contribution in [0.25, 0.3) is 10.9 Å². The van der Waals surface area contributed by atoms with E-state index in [1.165, 1.54) is 6.07 Å². The van der Waals surface area contributed by atoms with Gasteiger partial charge in [0.05, 0.1) is 17.8 Å². The molecule has 0 spiro atoms. The summed E-state index contributed by atoms with van der Waals surface area (Å²) in [7, 11) is 0. The number of hydrogen-bond acceptors (Lipinski definition) is 4. The Bertz CT molecular complexity index is 1010. The summed E-state index contributed by atoms with van der Waals surface area (Å²) in [6, 6.07) is 16.1. The van der Waals surface area contributed by atoms with E-state index < -0.39 is 0 Å². The number of aryl methyl sites for hydroxylation is 1. The third-order valence-corrected chi connectivity index (χ3v) is 4.12. The molecule has 6 heteroatoms. The van der Waals surface area contributed by atoms with Crippen molar-refractivity contribution in [2.24, 2.45) is 0 Å². The number of anilines is 1. The lowest BCUT2D eigenvalue weighted by molar-refractivity contribution is -0.118. The molecule has 0 atom stereocenters. The molecule has 140 valence electrons. The van der Waals surface area contributed by atoms with Crippen LogP contribution in [0.5, 0.6) is 11.5 Å². The minimum atomic E-state index is -0.328. The molecule has 0 saturated heterocycles. The van der Waals surface area contributed by atoms with Crippen LogP contribution in [0.15, 0.2) is 59.4 Å². The molecular weight excluding hydrogens is 344 g/mol. The van der Waals surface area contributed by atoms with E-state index in [1.807, 2.05) is 50.2 Å². The number of rotatable bonds is 7. The zero-order valence-corrected chi connectivity index (χ0v) is 15.4. The highest BCUT2D eigenvalue weighted by Crippen LogP contribution is 2.25. The first-order chi connectivity index (χ1) is 13.1. The van der Waals surface area contributed by atoms with Gasteiger partial charge >= 0.3 is 0 Å². The molecule has 3 rings (SSSR count). The summed E-state index contributed by atoms with van der Waals surface area (Å²) in [4.78, 5) is 24.6. The van der Waals surface area contributed by atoms with Crippen molar-refractivity contribution in [3.63, 3.8) is 0 Å².